The van der Waals surface area contributed by atoms with Gasteiger partial charge in [0.05, 0.1) is 7.11 Å². The molecular formula is C15H17NO2. The van der Waals surface area contributed by atoms with Crippen LogP contribution in [0, 0.1) is 6.92 Å². The first-order chi connectivity index (χ1) is 8.70. The Bertz CT molecular complexity index is 538. The number of nitrogens with two attached hydrogens (primary N) is 1. The van der Waals surface area contributed by atoms with Gasteiger partial charge in [0.2, 0.25) is 0 Å². The minimum Gasteiger partial charge on any atom is -0.493 e. The molecule has 0 aromatic heterocycles. The fourth-order valence-corrected chi connectivity index (χ4v) is 1.74. The summed E-state index contributed by atoms with van der Waals surface area (Å²) in [4.78, 5) is 0. The lowest BCUT2D eigenvalue weighted by Crippen LogP contribution is -2.01. The molecule has 2 aromatic rings. The molecule has 0 aliphatic heterocycles. The number of nitrogen functional groups attached to an aromatic ring is 1. The van der Waals surface area contributed by atoms with E-state index in [2.05, 4.69) is 0 Å². The summed E-state index contributed by atoms with van der Waals surface area (Å²) in [7, 11) is 1.63. The maximum Gasteiger partial charge on any atom is 0.161 e. The van der Waals surface area contributed by atoms with Crippen LogP contribution in [0.4, 0.5) is 5.69 Å². The van der Waals surface area contributed by atoms with Crippen molar-refractivity contribution in [2.45, 2.75) is 13.5 Å². The molecule has 0 saturated heterocycles. The minimum atomic E-state index is 0.437. The van der Waals surface area contributed by atoms with Gasteiger partial charge < -0.3 is 15.2 Å². The number of methoxy groups -OCH3 is 1. The molecule has 3 nitrogen and oxygen atoms in total. The van der Waals surface area contributed by atoms with Gasteiger partial charge in [0.15, 0.2) is 11.5 Å². The van der Waals surface area contributed by atoms with Crippen LogP contribution in [0.5, 0.6) is 11.5 Å². The van der Waals surface area contributed by atoms with Gasteiger partial charge in [-0.05, 0) is 30.7 Å². The van der Waals surface area contributed by atoms with Gasteiger partial charge >= 0.3 is 0 Å². The van der Waals surface area contributed by atoms with E-state index >= 15 is 0 Å². The van der Waals surface area contributed by atoms with Crippen molar-refractivity contribution in [3.8, 4) is 11.5 Å². The van der Waals surface area contributed by atoms with Gasteiger partial charge in [-0.25, -0.2) is 0 Å². The Morgan fingerprint density at radius 2 is 1.78 bits per heavy atom. The summed E-state index contributed by atoms with van der Waals surface area (Å²) in [5.41, 5.74) is 8.82. The number of aryl methyl sites for hydroxylation is 1. The zero-order chi connectivity index (χ0) is 13.0. The normalized spacial score (nSPS) is 10.1. The molecule has 0 radical (unpaired) electrons. The fourth-order valence-electron chi connectivity index (χ4n) is 1.74. The minimum absolute atomic E-state index is 0.437. The first-order valence-corrected chi connectivity index (χ1v) is 5.81. The zero-order valence-corrected chi connectivity index (χ0v) is 10.6. The number of hydrogen-bond acceptors (Lipinski definition) is 3. The van der Waals surface area contributed by atoms with E-state index in [1.165, 1.54) is 0 Å². The number of anilines is 1. The van der Waals surface area contributed by atoms with Gasteiger partial charge in [0, 0.05) is 11.3 Å². The molecule has 0 amide bonds. The van der Waals surface area contributed by atoms with E-state index in [4.69, 9.17) is 15.2 Å². The van der Waals surface area contributed by atoms with Crippen molar-refractivity contribution in [1.82, 2.24) is 0 Å². The zero-order valence-electron chi connectivity index (χ0n) is 10.6. The monoisotopic (exact) mass is 243 g/mol. The van der Waals surface area contributed by atoms with Crippen LogP contribution < -0.4 is 15.2 Å². The van der Waals surface area contributed by atoms with Crippen molar-refractivity contribution in [2.24, 2.45) is 0 Å². The molecule has 0 atom stereocenters. The molecule has 2 N–H and O–H groups in total. The second-order valence-electron chi connectivity index (χ2n) is 4.14. The molecule has 0 heterocycles. The first kappa shape index (κ1) is 12.3. The Hall–Kier alpha value is -2.16. The van der Waals surface area contributed by atoms with Crippen LogP contribution in [0.3, 0.4) is 0 Å². The molecule has 0 aliphatic carbocycles. The lowest BCUT2D eigenvalue weighted by molar-refractivity contribution is 0.285. The van der Waals surface area contributed by atoms with Crippen LogP contribution >= 0.6 is 0 Å². The Morgan fingerprint density at radius 1 is 1.06 bits per heavy atom. The van der Waals surface area contributed by atoms with E-state index in [-0.39, 0.29) is 0 Å². The van der Waals surface area contributed by atoms with Crippen LogP contribution in [0.25, 0.3) is 0 Å². The van der Waals surface area contributed by atoms with Gasteiger partial charge in [-0.2, -0.15) is 0 Å². The van der Waals surface area contributed by atoms with E-state index < -0.39 is 0 Å². The maximum atomic E-state index is 5.94. The first-order valence-electron chi connectivity index (χ1n) is 5.81. The van der Waals surface area contributed by atoms with Crippen molar-refractivity contribution >= 4 is 5.69 Å². The Labute approximate surface area is 107 Å². The highest BCUT2D eigenvalue weighted by atomic mass is 16.5. The summed E-state index contributed by atoms with van der Waals surface area (Å²) >= 11 is 0. The van der Waals surface area contributed by atoms with Crippen LogP contribution in [-0.4, -0.2) is 7.11 Å². The van der Waals surface area contributed by atoms with Gasteiger partial charge in [-0.15, -0.1) is 0 Å². The molecule has 2 rings (SSSR count). The topological polar surface area (TPSA) is 44.5 Å². The highest BCUT2D eigenvalue weighted by Crippen LogP contribution is 2.27. The van der Waals surface area contributed by atoms with Crippen molar-refractivity contribution in [3.05, 3.63) is 53.6 Å². The third-order valence-electron chi connectivity index (χ3n) is 2.75. The third kappa shape index (κ3) is 2.74. The molecular weight excluding hydrogens is 226 g/mol. The quantitative estimate of drug-likeness (QED) is 0.839. The van der Waals surface area contributed by atoms with Crippen LogP contribution in [-0.2, 0) is 6.61 Å². The molecule has 2 aromatic carbocycles. The third-order valence-corrected chi connectivity index (χ3v) is 2.75. The average Bonchev–Trinajstić information content (AvgIpc) is 2.38. The Morgan fingerprint density at radius 3 is 2.44 bits per heavy atom. The van der Waals surface area contributed by atoms with Crippen molar-refractivity contribution < 1.29 is 9.47 Å². The molecule has 0 saturated carbocycles. The summed E-state index contributed by atoms with van der Waals surface area (Å²) in [5, 5.41) is 0. The molecule has 0 unspecified atom stereocenters. The highest BCUT2D eigenvalue weighted by molar-refractivity contribution is 5.49. The fraction of sp³-hybridized carbons (Fsp3) is 0.200. The number of hydrogen-bond donors (Lipinski definition) is 1. The van der Waals surface area contributed by atoms with E-state index in [9.17, 15) is 0 Å². The molecule has 0 bridgehead atoms. The van der Waals surface area contributed by atoms with Gasteiger partial charge in [-0.3, -0.25) is 0 Å². The van der Waals surface area contributed by atoms with Crippen molar-refractivity contribution in [1.29, 1.82) is 0 Å². The molecule has 0 aliphatic rings. The lowest BCUT2D eigenvalue weighted by atomic mass is 10.1. The molecule has 0 spiro atoms. The SMILES string of the molecule is COc1ccccc1OCc1ccc(C)cc1N. The average molecular weight is 243 g/mol. The number of rotatable bonds is 4. The predicted molar refractivity (Wildman–Crippen MR) is 72.9 cm³/mol. The van der Waals surface area contributed by atoms with Crippen LogP contribution in [0.2, 0.25) is 0 Å². The number of ether oxygens (including phenoxy) is 2. The molecule has 18 heavy (non-hydrogen) atoms. The Kier molecular flexibility index (Phi) is 3.72. The second-order valence-corrected chi connectivity index (χ2v) is 4.14. The summed E-state index contributed by atoms with van der Waals surface area (Å²) in [6.07, 6.45) is 0. The van der Waals surface area contributed by atoms with Gasteiger partial charge in [0.1, 0.15) is 6.61 Å². The predicted octanol–water partition coefficient (Wildman–Crippen LogP) is 3.16. The number of benzene rings is 2. The van der Waals surface area contributed by atoms with E-state index in [1.54, 1.807) is 7.11 Å². The molecule has 94 valence electrons. The van der Waals surface area contributed by atoms with E-state index in [1.807, 2.05) is 49.4 Å². The molecule has 0 fully saturated rings. The van der Waals surface area contributed by atoms with Gasteiger partial charge in [-0.1, -0.05) is 24.3 Å². The smallest absolute Gasteiger partial charge is 0.161 e. The van der Waals surface area contributed by atoms with Gasteiger partial charge in [0.25, 0.3) is 0 Å². The highest BCUT2D eigenvalue weighted by Gasteiger charge is 2.04. The molecule has 3 heteroatoms. The van der Waals surface area contributed by atoms with Crippen molar-refractivity contribution in [3.63, 3.8) is 0 Å². The summed E-state index contributed by atoms with van der Waals surface area (Å²) in [6, 6.07) is 13.5. The summed E-state index contributed by atoms with van der Waals surface area (Å²) in [6.45, 7) is 2.45. The second kappa shape index (κ2) is 5.45. The van der Waals surface area contributed by atoms with Crippen molar-refractivity contribution in [2.75, 3.05) is 12.8 Å². The van der Waals surface area contributed by atoms with E-state index in [0.29, 0.717) is 6.61 Å². The standard InChI is InChI=1S/C15H17NO2/c1-11-7-8-12(13(16)9-11)10-18-15-6-4-3-5-14(15)17-2/h3-9H,10,16H2,1-2H3. The maximum absolute atomic E-state index is 5.94. The largest absolute Gasteiger partial charge is 0.493 e. The lowest BCUT2D eigenvalue weighted by Gasteiger charge is -2.11. The summed E-state index contributed by atoms with van der Waals surface area (Å²) < 4.78 is 11.0. The summed E-state index contributed by atoms with van der Waals surface area (Å²) in [5.74, 6) is 1.45. The Balaban J connectivity index is 2.11. The van der Waals surface area contributed by atoms with Crippen LogP contribution in [0.15, 0.2) is 42.5 Å². The number of para-hydroxylation sites is 2. The van der Waals surface area contributed by atoms with E-state index in [0.717, 1.165) is 28.3 Å². The van der Waals surface area contributed by atoms with Crippen LogP contribution in [0.1, 0.15) is 11.1 Å².